The number of hydrogen-bond donors (Lipinski definition) is 0. The Kier molecular flexibility index (Phi) is 5.01. The first-order chi connectivity index (χ1) is 10.0. The molecular weight excluding hydrogens is 282 g/mol. The van der Waals surface area contributed by atoms with Crippen LogP contribution in [0.2, 0.25) is 0 Å². The third-order valence-corrected chi connectivity index (χ3v) is 4.04. The first-order valence-electron chi connectivity index (χ1n) is 7.09. The summed E-state index contributed by atoms with van der Waals surface area (Å²) in [6, 6.07) is 6.30. The third-order valence-electron chi connectivity index (χ3n) is 3.52. The second-order valence-corrected chi connectivity index (χ2v) is 5.74. The van der Waals surface area contributed by atoms with Crippen molar-refractivity contribution in [3.05, 3.63) is 29.3 Å². The van der Waals surface area contributed by atoms with Crippen molar-refractivity contribution >= 4 is 17.2 Å². The minimum atomic E-state index is 0.773. The van der Waals surface area contributed by atoms with Gasteiger partial charge in [0, 0.05) is 26.2 Å². The zero-order valence-electron chi connectivity index (χ0n) is 13.0. The molecule has 0 bridgehead atoms. The predicted octanol–water partition coefficient (Wildman–Crippen LogP) is 2.74. The summed E-state index contributed by atoms with van der Waals surface area (Å²) >= 11 is 5.44. The summed E-state index contributed by atoms with van der Waals surface area (Å²) in [5.41, 5.74) is 3.52. The standard InChI is InChI=1S/C15H21N5S/c1-5-6-14(21)19(3)10-13-9-12(8-7-11(13)2)15-16-17-18-20(15)4/h7-9H,5-6,10H2,1-4H3. The van der Waals surface area contributed by atoms with Crippen molar-refractivity contribution in [3.63, 3.8) is 0 Å². The van der Waals surface area contributed by atoms with Gasteiger partial charge in [0.15, 0.2) is 5.82 Å². The van der Waals surface area contributed by atoms with E-state index in [9.17, 15) is 0 Å². The number of aromatic nitrogens is 4. The van der Waals surface area contributed by atoms with Crippen molar-refractivity contribution in [2.75, 3.05) is 7.05 Å². The van der Waals surface area contributed by atoms with Crippen molar-refractivity contribution in [1.82, 2.24) is 25.1 Å². The maximum Gasteiger partial charge on any atom is 0.181 e. The molecule has 2 rings (SSSR count). The first kappa shape index (κ1) is 15.6. The van der Waals surface area contributed by atoms with Crippen LogP contribution in [0.25, 0.3) is 11.4 Å². The summed E-state index contributed by atoms with van der Waals surface area (Å²) < 4.78 is 1.68. The van der Waals surface area contributed by atoms with E-state index in [1.54, 1.807) is 4.68 Å². The fraction of sp³-hybridized carbons (Fsp3) is 0.467. The minimum absolute atomic E-state index is 0.773. The van der Waals surface area contributed by atoms with Crippen molar-refractivity contribution in [2.45, 2.75) is 33.2 Å². The van der Waals surface area contributed by atoms with Gasteiger partial charge in [-0.3, -0.25) is 0 Å². The molecule has 0 aliphatic rings. The van der Waals surface area contributed by atoms with Gasteiger partial charge in [-0.05, 0) is 47.4 Å². The molecule has 0 saturated carbocycles. The normalized spacial score (nSPS) is 10.7. The van der Waals surface area contributed by atoms with Crippen LogP contribution in [0.1, 0.15) is 30.9 Å². The summed E-state index contributed by atoms with van der Waals surface area (Å²) in [6.45, 7) is 5.07. The Bertz CT molecular complexity index is 635. The molecule has 0 unspecified atom stereocenters. The highest BCUT2D eigenvalue weighted by atomic mass is 32.1. The number of thiocarbonyl (C=S) groups is 1. The van der Waals surface area contributed by atoms with Crippen LogP contribution in [0, 0.1) is 6.92 Å². The van der Waals surface area contributed by atoms with E-state index in [1.165, 1.54) is 11.1 Å². The highest BCUT2D eigenvalue weighted by Gasteiger charge is 2.11. The van der Waals surface area contributed by atoms with E-state index in [-0.39, 0.29) is 0 Å². The van der Waals surface area contributed by atoms with Crippen LogP contribution in [0.4, 0.5) is 0 Å². The second kappa shape index (κ2) is 6.76. The van der Waals surface area contributed by atoms with Gasteiger partial charge in [-0.1, -0.05) is 31.3 Å². The van der Waals surface area contributed by atoms with E-state index in [4.69, 9.17) is 12.2 Å². The fourth-order valence-corrected chi connectivity index (χ4v) is 2.47. The number of benzene rings is 1. The second-order valence-electron chi connectivity index (χ2n) is 5.27. The molecule has 0 N–H and O–H groups in total. The number of aryl methyl sites for hydroxylation is 2. The van der Waals surface area contributed by atoms with Crippen LogP contribution in [-0.4, -0.2) is 37.1 Å². The van der Waals surface area contributed by atoms with E-state index in [0.717, 1.165) is 35.8 Å². The molecule has 1 aromatic heterocycles. The molecule has 0 atom stereocenters. The maximum atomic E-state index is 5.44. The molecule has 21 heavy (non-hydrogen) atoms. The van der Waals surface area contributed by atoms with Crippen LogP contribution < -0.4 is 0 Å². The van der Waals surface area contributed by atoms with Gasteiger partial charge < -0.3 is 4.90 Å². The monoisotopic (exact) mass is 303 g/mol. The number of tetrazole rings is 1. The number of rotatable bonds is 5. The van der Waals surface area contributed by atoms with Crippen LogP contribution in [0.15, 0.2) is 18.2 Å². The molecule has 0 aliphatic carbocycles. The lowest BCUT2D eigenvalue weighted by molar-refractivity contribution is 0.496. The highest BCUT2D eigenvalue weighted by Crippen LogP contribution is 2.21. The molecule has 5 nitrogen and oxygen atoms in total. The molecule has 112 valence electrons. The van der Waals surface area contributed by atoms with E-state index in [1.807, 2.05) is 14.1 Å². The van der Waals surface area contributed by atoms with Crippen molar-refractivity contribution in [3.8, 4) is 11.4 Å². The molecule has 1 heterocycles. The van der Waals surface area contributed by atoms with Gasteiger partial charge in [0.1, 0.15) is 0 Å². The SMILES string of the molecule is CCCC(=S)N(C)Cc1cc(-c2nnnn2C)ccc1C. The van der Waals surface area contributed by atoms with E-state index in [0.29, 0.717) is 0 Å². The molecule has 1 aromatic carbocycles. The Morgan fingerprint density at radius 2 is 2.14 bits per heavy atom. The Morgan fingerprint density at radius 3 is 2.76 bits per heavy atom. The Balaban J connectivity index is 2.24. The zero-order chi connectivity index (χ0) is 15.4. The average Bonchev–Trinajstić information content (AvgIpc) is 2.87. The van der Waals surface area contributed by atoms with Crippen molar-refractivity contribution in [1.29, 1.82) is 0 Å². The quantitative estimate of drug-likeness (QED) is 0.795. The highest BCUT2D eigenvalue weighted by molar-refractivity contribution is 7.80. The minimum Gasteiger partial charge on any atom is -0.365 e. The molecule has 0 saturated heterocycles. The Morgan fingerprint density at radius 1 is 1.38 bits per heavy atom. The summed E-state index contributed by atoms with van der Waals surface area (Å²) in [6.07, 6.45) is 2.03. The van der Waals surface area contributed by atoms with Gasteiger partial charge in [-0.2, -0.15) is 0 Å². The average molecular weight is 303 g/mol. The summed E-state index contributed by atoms with van der Waals surface area (Å²) in [5.74, 6) is 0.773. The third kappa shape index (κ3) is 3.64. The van der Waals surface area contributed by atoms with Gasteiger partial charge in [-0.15, -0.1) is 5.10 Å². The van der Waals surface area contributed by atoms with Gasteiger partial charge in [0.25, 0.3) is 0 Å². The van der Waals surface area contributed by atoms with Crippen molar-refractivity contribution < 1.29 is 0 Å². The smallest absolute Gasteiger partial charge is 0.181 e. The predicted molar refractivity (Wildman–Crippen MR) is 87.9 cm³/mol. The van der Waals surface area contributed by atoms with Gasteiger partial charge >= 0.3 is 0 Å². The summed E-state index contributed by atoms with van der Waals surface area (Å²) in [5, 5.41) is 11.6. The van der Waals surface area contributed by atoms with Crippen LogP contribution >= 0.6 is 12.2 Å². The van der Waals surface area contributed by atoms with Gasteiger partial charge in [0.05, 0.1) is 4.99 Å². The lowest BCUT2D eigenvalue weighted by atomic mass is 10.0. The molecule has 0 radical (unpaired) electrons. The lowest BCUT2D eigenvalue weighted by Gasteiger charge is -2.21. The first-order valence-corrected chi connectivity index (χ1v) is 7.50. The van der Waals surface area contributed by atoms with Crippen LogP contribution in [-0.2, 0) is 13.6 Å². The molecule has 2 aromatic rings. The molecule has 0 amide bonds. The van der Waals surface area contributed by atoms with Gasteiger partial charge in [0.2, 0.25) is 0 Å². The lowest BCUT2D eigenvalue weighted by Crippen LogP contribution is -2.24. The Labute approximate surface area is 131 Å². The summed E-state index contributed by atoms with van der Waals surface area (Å²) in [4.78, 5) is 3.14. The van der Waals surface area contributed by atoms with E-state index >= 15 is 0 Å². The topological polar surface area (TPSA) is 46.8 Å². The zero-order valence-corrected chi connectivity index (χ0v) is 13.8. The fourth-order valence-electron chi connectivity index (χ4n) is 2.20. The van der Waals surface area contributed by atoms with Crippen molar-refractivity contribution in [2.24, 2.45) is 7.05 Å². The summed E-state index contributed by atoms with van der Waals surface area (Å²) in [7, 11) is 3.89. The molecule has 6 heteroatoms. The molecular formula is C15H21N5S. The number of nitrogens with zero attached hydrogens (tertiary/aromatic N) is 5. The van der Waals surface area contributed by atoms with E-state index in [2.05, 4.69) is 52.5 Å². The van der Waals surface area contributed by atoms with Gasteiger partial charge in [-0.25, -0.2) is 4.68 Å². The van der Waals surface area contributed by atoms with Crippen LogP contribution in [0.5, 0.6) is 0 Å². The molecule has 0 fully saturated rings. The molecule has 0 spiro atoms. The molecule has 0 aliphatic heterocycles. The number of hydrogen-bond acceptors (Lipinski definition) is 4. The Hall–Kier alpha value is -1.82. The van der Waals surface area contributed by atoms with E-state index < -0.39 is 0 Å². The largest absolute Gasteiger partial charge is 0.365 e. The van der Waals surface area contributed by atoms with Crippen LogP contribution in [0.3, 0.4) is 0 Å². The maximum absolute atomic E-state index is 5.44.